The van der Waals surface area contributed by atoms with Crippen LogP contribution in [-0.2, 0) is 0 Å². The van der Waals surface area contributed by atoms with Crippen molar-refractivity contribution in [2.24, 2.45) is 5.92 Å². The zero-order valence-corrected chi connectivity index (χ0v) is 9.82. The molecular formula is C11H17N3O2. The van der Waals surface area contributed by atoms with Gasteiger partial charge in [0.05, 0.1) is 24.8 Å². The molecule has 5 nitrogen and oxygen atoms in total. The van der Waals surface area contributed by atoms with Crippen molar-refractivity contribution in [3.8, 4) is 0 Å². The Morgan fingerprint density at radius 3 is 2.69 bits per heavy atom. The maximum atomic E-state index is 12.0. The number of β-amino-alcohol motifs (C(OH)–C–C–N with tert-alkyl or cyclic N) is 1. The molecule has 0 unspecified atom stereocenters. The van der Waals surface area contributed by atoms with Gasteiger partial charge in [0.1, 0.15) is 5.60 Å². The van der Waals surface area contributed by atoms with Crippen molar-refractivity contribution in [2.75, 3.05) is 13.1 Å². The summed E-state index contributed by atoms with van der Waals surface area (Å²) in [4.78, 5) is 13.6. The highest BCUT2D eigenvalue weighted by Crippen LogP contribution is 2.29. The van der Waals surface area contributed by atoms with Gasteiger partial charge in [-0.05, 0) is 12.8 Å². The Bertz CT molecular complexity index is 405. The summed E-state index contributed by atoms with van der Waals surface area (Å²) in [6.07, 6.45) is 1.53. The molecule has 0 radical (unpaired) electrons. The first-order chi connectivity index (χ1) is 7.44. The van der Waals surface area contributed by atoms with Crippen LogP contribution in [0, 0.1) is 12.8 Å². The van der Waals surface area contributed by atoms with Crippen molar-refractivity contribution in [3.05, 3.63) is 17.5 Å². The Hall–Kier alpha value is -1.36. The third-order valence-corrected chi connectivity index (χ3v) is 3.35. The molecule has 2 N–H and O–H groups in total. The highest BCUT2D eigenvalue weighted by Gasteiger charge is 2.46. The molecule has 1 aromatic heterocycles. The van der Waals surface area contributed by atoms with Gasteiger partial charge in [0.25, 0.3) is 5.91 Å². The van der Waals surface area contributed by atoms with Crippen LogP contribution in [0.2, 0.25) is 0 Å². The smallest absolute Gasteiger partial charge is 0.257 e. The Morgan fingerprint density at radius 1 is 1.62 bits per heavy atom. The van der Waals surface area contributed by atoms with Gasteiger partial charge in [-0.3, -0.25) is 9.89 Å². The summed E-state index contributed by atoms with van der Waals surface area (Å²) in [5.74, 6) is 0.110. The predicted octanol–water partition coefficient (Wildman–Crippen LogP) is 0.561. The quantitative estimate of drug-likeness (QED) is 0.769. The summed E-state index contributed by atoms with van der Waals surface area (Å²) < 4.78 is 0. The maximum absolute atomic E-state index is 12.0. The van der Waals surface area contributed by atoms with Gasteiger partial charge >= 0.3 is 0 Å². The summed E-state index contributed by atoms with van der Waals surface area (Å²) in [6.45, 7) is 6.56. The molecule has 1 amide bonds. The van der Waals surface area contributed by atoms with Crippen LogP contribution < -0.4 is 0 Å². The molecule has 1 saturated heterocycles. The molecule has 0 spiro atoms. The van der Waals surface area contributed by atoms with Crippen molar-refractivity contribution < 1.29 is 9.90 Å². The standard InChI is InChI=1S/C11H17N3O2/c1-7(2)11(16)5-14(6-11)10(15)9-4-12-13-8(9)3/h4,7,16H,5-6H2,1-3H3,(H,12,13). The van der Waals surface area contributed by atoms with E-state index in [9.17, 15) is 9.90 Å². The number of rotatable bonds is 2. The first-order valence-electron chi connectivity index (χ1n) is 5.45. The van der Waals surface area contributed by atoms with Crippen LogP contribution in [0.5, 0.6) is 0 Å². The minimum absolute atomic E-state index is 0.0587. The number of hydrogen-bond donors (Lipinski definition) is 2. The summed E-state index contributed by atoms with van der Waals surface area (Å²) in [6, 6.07) is 0. The van der Waals surface area contributed by atoms with E-state index in [1.54, 1.807) is 4.90 Å². The van der Waals surface area contributed by atoms with E-state index in [0.717, 1.165) is 5.69 Å². The van der Waals surface area contributed by atoms with Crippen LogP contribution in [0.15, 0.2) is 6.20 Å². The first kappa shape index (κ1) is 11.1. The van der Waals surface area contributed by atoms with Crippen molar-refractivity contribution in [1.82, 2.24) is 15.1 Å². The molecule has 1 aliphatic heterocycles. The van der Waals surface area contributed by atoms with Crippen LogP contribution in [0.25, 0.3) is 0 Å². The lowest BCUT2D eigenvalue weighted by Gasteiger charge is -2.48. The summed E-state index contributed by atoms with van der Waals surface area (Å²) >= 11 is 0. The molecule has 1 aromatic rings. The van der Waals surface area contributed by atoms with E-state index < -0.39 is 5.60 Å². The second-order valence-corrected chi connectivity index (χ2v) is 4.83. The fourth-order valence-electron chi connectivity index (χ4n) is 1.86. The lowest BCUT2D eigenvalue weighted by atomic mass is 9.82. The molecule has 0 saturated carbocycles. The van der Waals surface area contributed by atoms with Crippen LogP contribution in [0.4, 0.5) is 0 Å². The molecule has 0 atom stereocenters. The van der Waals surface area contributed by atoms with Gasteiger partial charge in [-0.2, -0.15) is 5.10 Å². The normalized spacial score (nSPS) is 18.7. The SMILES string of the molecule is Cc1[nH]ncc1C(=O)N1CC(O)(C(C)C)C1. The van der Waals surface area contributed by atoms with Gasteiger partial charge in [-0.25, -0.2) is 0 Å². The minimum atomic E-state index is -0.715. The zero-order chi connectivity index (χ0) is 11.9. The lowest BCUT2D eigenvalue weighted by molar-refractivity contribution is -0.110. The summed E-state index contributed by atoms with van der Waals surface area (Å²) in [7, 11) is 0. The molecular weight excluding hydrogens is 206 g/mol. The van der Waals surface area contributed by atoms with E-state index in [4.69, 9.17) is 0 Å². The van der Waals surface area contributed by atoms with Gasteiger partial charge < -0.3 is 10.0 Å². The van der Waals surface area contributed by atoms with E-state index in [-0.39, 0.29) is 11.8 Å². The van der Waals surface area contributed by atoms with E-state index in [1.807, 2.05) is 20.8 Å². The number of amides is 1. The number of carbonyl (C=O) groups is 1. The highest BCUT2D eigenvalue weighted by atomic mass is 16.3. The zero-order valence-electron chi connectivity index (χ0n) is 9.82. The van der Waals surface area contributed by atoms with Crippen molar-refractivity contribution in [2.45, 2.75) is 26.4 Å². The second kappa shape index (κ2) is 3.59. The fourth-order valence-corrected chi connectivity index (χ4v) is 1.86. The number of aliphatic hydroxyl groups is 1. The number of nitrogens with one attached hydrogen (secondary N) is 1. The van der Waals surface area contributed by atoms with Gasteiger partial charge in [0.2, 0.25) is 0 Å². The largest absolute Gasteiger partial charge is 0.386 e. The molecule has 0 aromatic carbocycles. The van der Waals surface area contributed by atoms with Crippen LogP contribution in [0.3, 0.4) is 0 Å². The van der Waals surface area contributed by atoms with E-state index in [2.05, 4.69) is 10.2 Å². The Morgan fingerprint density at radius 2 is 2.25 bits per heavy atom. The Balaban J connectivity index is 2.04. The molecule has 88 valence electrons. The maximum Gasteiger partial charge on any atom is 0.257 e. The van der Waals surface area contributed by atoms with Gasteiger partial charge in [0, 0.05) is 5.69 Å². The molecule has 2 heterocycles. The van der Waals surface area contributed by atoms with E-state index in [1.165, 1.54) is 6.20 Å². The predicted molar refractivity (Wildman–Crippen MR) is 59.0 cm³/mol. The van der Waals surface area contributed by atoms with Crippen LogP contribution in [0.1, 0.15) is 29.9 Å². The number of H-pyrrole nitrogens is 1. The highest BCUT2D eigenvalue weighted by molar-refractivity contribution is 5.95. The molecule has 1 fully saturated rings. The van der Waals surface area contributed by atoms with Crippen molar-refractivity contribution in [1.29, 1.82) is 0 Å². The van der Waals surface area contributed by atoms with Gasteiger partial charge in [0.15, 0.2) is 0 Å². The molecule has 1 aliphatic rings. The number of aryl methyl sites for hydroxylation is 1. The number of carbonyl (C=O) groups excluding carboxylic acids is 1. The summed E-state index contributed by atoms with van der Waals surface area (Å²) in [5, 5.41) is 16.6. The van der Waals surface area contributed by atoms with Crippen LogP contribution >= 0.6 is 0 Å². The number of nitrogens with zero attached hydrogens (tertiary/aromatic N) is 2. The monoisotopic (exact) mass is 223 g/mol. The topological polar surface area (TPSA) is 69.2 Å². The molecule has 2 rings (SSSR count). The van der Waals surface area contributed by atoms with Gasteiger partial charge in [-0.1, -0.05) is 13.8 Å². The molecule has 0 bridgehead atoms. The molecule has 16 heavy (non-hydrogen) atoms. The number of hydrogen-bond acceptors (Lipinski definition) is 3. The van der Waals surface area contributed by atoms with E-state index >= 15 is 0 Å². The summed E-state index contributed by atoms with van der Waals surface area (Å²) in [5.41, 5.74) is 0.642. The number of likely N-dealkylation sites (tertiary alicyclic amines) is 1. The number of aromatic amines is 1. The van der Waals surface area contributed by atoms with Crippen LogP contribution in [-0.4, -0.2) is 44.8 Å². The lowest BCUT2D eigenvalue weighted by Crippen LogP contribution is -2.66. The average Bonchev–Trinajstić information content (AvgIpc) is 2.58. The molecule has 5 heteroatoms. The Labute approximate surface area is 94.5 Å². The third-order valence-electron chi connectivity index (χ3n) is 3.35. The minimum Gasteiger partial charge on any atom is -0.386 e. The van der Waals surface area contributed by atoms with Crippen molar-refractivity contribution in [3.63, 3.8) is 0 Å². The number of aromatic nitrogens is 2. The van der Waals surface area contributed by atoms with E-state index in [0.29, 0.717) is 18.7 Å². The first-order valence-corrected chi connectivity index (χ1v) is 5.45. The fraction of sp³-hybridized carbons (Fsp3) is 0.636. The second-order valence-electron chi connectivity index (χ2n) is 4.83. The third kappa shape index (κ3) is 1.61. The van der Waals surface area contributed by atoms with Gasteiger partial charge in [-0.15, -0.1) is 0 Å². The molecule has 0 aliphatic carbocycles. The van der Waals surface area contributed by atoms with Crippen molar-refractivity contribution >= 4 is 5.91 Å². The Kier molecular flexibility index (Phi) is 2.50. The average molecular weight is 223 g/mol.